The van der Waals surface area contributed by atoms with Crippen LogP contribution in [-0.4, -0.2) is 23.4 Å². The van der Waals surface area contributed by atoms with E-state index in [1.54, 1.807) is 0 Å². The van der Waals surface area contributed by atoms with Gasteiger partial charge in [0.2, 0.25) is 0 Å². The van der Waals surface area contributed by atoms with E-state index in [0.717, 1.165) is 0 Å². The van der Waals surface area contributed by atoms with Crippen molar-refractivity contribution >= 4 is 30.9 Å². The van der Waals surface area contributed by atoms with Gasteiger partial charge in [0.1, 0.15) is 0 Å². The minimum absolute atomic E-state index is 0.0422. The molecule has 0 aliphatic carbocycles. The van der Waals surface area contributed by atoms with E-state index < -0.39 is 20.2 Å². The van der Waals surface area contributed by atoms with Crippen molar-refractivity contribution in [3.05, 3.63) is 32.3 Å². The van der Waals surface area contributed by atoms with Crippen molar-refractivity contribution < 1.29 is 8.42 Å². The second-order valence-corrected chi connectivity index (χ2v) is 5.83. The molecule has 0 aliphatic rings. The van der Waals surface area contributed by atoms with Crippen molar-refractivity contribution in [3.8, 4) is 0 Å². The highest BCUT2D eigenvalue weighted by Crippen LogP contribution is 2.19. The molecule has 0 fully saturated rings. The van der Waals surface area contributed by atoms with Gasteiger partial charge in [0, 0.05) is 10.7 Å². The number of pyridine rings is 1. The third-order valence-corrected chi connectivity index (χ3v) is 3.40. The Labute approximate surface area is 98.9 Å². The first kappa shape index (κ1) is 11.8. The van der Waals surface area contributed by atoms with E-state index in [2.05, 4.69) is 15.0 Å². The quantitative estimate of drug-likeness (QED) is 0.555. The van der Waals surface area contributed by atoms with E-state index >= 15 is 0 Å². The fourth-order valence-electron chi connectivity index (χ4n) is 1.38. The maximum Gasteiger partial charge on any atom is 0.315 e. The minimum atomic E-state index is -4.00. The summed E-state index contributed by atoms with van der Waals surface area (Å²) in [5.41, 5.74) is -1.28. The molecule has 9 heteroatoms. The number of nitrogens with zero attached hydrogens (tertiary/aromatic N) is 1. The lowest BCUT2D eigenvalue weighted by Gasteiger charge is -2.03. The van der Waals surface area contributed by atoms with Crippen LogP contribution in [0.1, 0.15) is 5.56 Å². The largest absolute Gasteiger partial charge is 0.315 e. The lowest BCUT2D eigenvalue weighted by molar-refractivity contribution is 0.605. The van der Waals surface area contributed by atoms with E-state index in [1.165, 1.54) is 13.0 Å². The number of nitrogens with one attached hydrogen (secondary N) is 2. The fourth-order valence-corrected chi connectivity index (χ4v) is 2.49. The highest BCUT2D eigenvalue weighted by atomic mass is 35.7. The summed E-state index contributed by atoms with van der Waals surface area (Å²) < 4.78 is 22.4. The molecule has 0 bridgehead atoms. The van der Waals surface area contributed by atoms with Crippen LogP contribution >= 0.6 is 10.7 Å². The summed E-state index contributed by atoms with van der Waals surface area (Å²) in [7, 11) is 1.18. The van der Waals surface area contributed by atoms with Gasteiger partial charge in [0.15, 0.2) is 10.7 Å². The summed E-state index contributed by atoms with van der Waals surface area (Å²) in [4.78, 5) is 30.3. The number of aryl methyl sites for hydroxylation is 1. The number of H-pyrrole nitrogens is 2. The fraction of sp³-hybridized carbons (Fsp3) is 0.125. The third kappa shape index (κ3) is 2.08. The Morgan fingerprint density at radius 2 is 1.82 bits per heavy atom. The summed E-state index contributed by atoms with van der Waals surface area (Å²) in [5, 5.41) is -0.352. The molecule has 0 spiro atoms. The second-order valence-electron chi connectivity index (χ2n) is 3.35. The van der Waals surface area contributed by atoms with Gasteiger partial charge in [-0.15, -0.1) is 0 Å². The van der Waals surface area contributed by atoms with Crippen molar-refractivity contribution in [2.75, 3.05) is 0 Å². The standard InChI is InChI=1S/C8H6ClN3O4S/c1-3-2-4-5(11-7(14)6(13)10-4)12-8(3)17(9,15)16/h2H,1H3,(H,10,13)(H,11,12,14). The molecule has 0 saturated heterocycles. The molecule has 2 N–H and O–H groups in total. The molecule has 0 amide bonds. The SMILES string of the molecule is Cc1cc2[nH]c(=O)c(=O)[nH]c2nc1S(=O)(=O)Cl. The second kappa shape index (κ2) is 3.67. The average Bonchev–Trinajstić information content (AvgIpc) is 2.18. The van der Waals surface area contributed by atoms with Gasteiger partial charge in [-0.3, -0.25) is 9.59 Å². The van der Waals surface area contributed by atoms with Crippen LogP contribution in [0.5, 0.6) is 0 Å². The van der Waals surface area contributed by atoms with E-state index in [9.17, 15) is 18.0 Å². The van der Waals surface area contributed by atoms with E-state index in [0.29, 0.717) is 0 Å². The summed E-state index contributed by atoms with van der Waals surface area (Å²) in [6.07, 6.45) is 0. The average molecular weight is 276 g/mol. The number of rotatable bonds is 1. The first-order valence-corrected chi connectivity index (χ1v) is 6.68. The molecule has 2 aromatic heterocycles. The Balaban J connectivity index is 2.96. The maximum absolute atomic E-state index is 11.2. The van der Waals surface area contributed by atoms with Gasteiger partial charge in [-0.1, -0.05) is 0 Å². The summed E-state index contributed by atoms with van der Waals surface area (Å²) >= 11 is 0. The monoisotopic (exact) mass is 275 g/mol. The molecule has 17 heavy (non-hydrogen) atoms. The molecule has 0 unspecified atom stereocenters. The van der Waals surface area contributed by atoms with E-state index in [4.69, 9.17) is 10.7 Å². The molecule has 2 heterocycles. The zero-order valence-electron chi connectivity index (χ0n) is 8.44. The molecule has 2 aromatic rings. The van der Waals surface area contributed by atoms with Crippen LogP contribution in [0.25, 0.3) is 11.2 Å². The molecular formula is C8H6ClN3O4S. The van der Waals surface area contributed by atoms with Crippen molar-refractivity contribution in [1.29, 1.82) is 0 Å². The van der Waals surface area contributed by atoms with Crippen LogP contribution in [0.2, 0.25) is 0 Å². The number of hydrogen-bond acceptors (Lipinski definition) is 5. The zero-order valence-corrected chi connectivity index (χ0v) is 10.0. The zero-order chi connectivity index (χ0) is 12.8. The van der Waals surface area contributed by atoms with Crippen LogP contribution in [-0.2, 0) is 9.05 Å². The van der Waals surface area contributed by atoms with Gasteiger partial charge in [0.05, 0.1) is 5.52 Å². The molecule has 7 nitrogen and oxygen atoms in total. The van der Waals surface area contributed by atoms with Crippen molar-refractivity contribution in [2.24, 2.45) is 0 Å². The summed E-state index contributed by atoms with van der Waals surface area (Å²) in [6, 6.07) is 1.37. The summed E-state index contributed by atoms with van der Waals surface area (Å²) in [5.74, 6) is 0. The molecular weight excluding hydrogens is 270 g/mol. The van der Waals surface area contributed by atoms with Crippen molar-refractivity contribution in [1.82, 2.24) is 15.0 Å². The first-order chi connectivity index (χ1) is 7.79. The Morgan fingerprint density at radius 1 is 1.24 bits per heavy atom. The number of hydrogen-bond donors (Lipinski definition) is 2. The van der Waals surface area contributed by atoms with Gasteiger partial charge in [-0.05, 0) is 18.6 Å². The van der Waals surface area contributed by atoms with E-state index in [-0.39, 0.29) is 21.8 Å². The van der Waals surface area contributed by atoms with Crippen LogP contribution in [0.3, 0.4) is 0 Å². The van der Waals surface area contributed by atoms with Gasteiger partial charge in [-0.25, -0.2) is 13.4 Å². The number of halogens is 1. The molecule has 90 valence electrons. The van der Waals surface area contributed by atoms with Crippen LogP contribution in [0, 0.1) is 6.92 Å². The predicted molar refractivity (Wildman–Crippen MR) is 60.8 cm³/mol. The molecule has 0 atom stereocenters. The number of aromatic nitrogens is 3. The lowest BCUT2D eigenvalue weighted by Crippen LogP contribution is -2.29. The lowest BCUT2D eigenvalue weighted by atomic mass is 10.3. The topological polar surface area (TPSA) is 113 Å². The van der Waals surface area contributed by atoms with Crippen LogP contribution in [0.4, 0.5) is 0 Å². The van der Waals surface area contributed by atoms with Crippen molar-refractivity contribution in [3.63, 3.8) is 0 Å². The van der Waals surface area contributed by atoms with E-state index in [1.807, 2.05) is 0 Å². The van der Waals surface area contributed by atoms with Crippen molar-refractivity contribution in [2.45, 2.75) is 11.9 Å². The molecule has 0 aromatic carbocycles. The summed E-state index contributed by atoms with van der Waals surface area (Å²) in [6.45, 7) is 1.48. The van der Waals surface area contributed by atoms with Crippen LogP contribution in [0.15, 0.2) is 20.7 Å². The normalized spacial score (nSPS) is 11.9. The highest BCUT2D eigenvalue weighted by molar-refractivity contribution is 8.13. The van der Waals surface area contributed by atoms with Gasteiger partial charge < -0.3 is 9.97 Å². The Hall–Kier alpha value is -1.67. The van der Waals surface area contributed by atoms with Gasteiger partial charge in [0.25, 0.3) is 9.05 Å². The minimum Gasteiger partial charge on any atom is -0.315 e. The first-order valence-electron chi connectivity index (χ1n) is 4.37. The maximum atomic E-state index is 11.2. The molecule has 0 saturated carbocycles. The van der Waals surface area contributed by atoms with Crippen LogP contribution < -0.4 is 11.1 Å². The third-order valence-electron chi connectivity index (χ3n) is 2.08. The Morgan fingerprint density at radius 3 is 2.41 bits per heavy atom. The molecule has 2 rings (SSSR count). The number of fused-ring (bicyclic) bond motifs is 1. The predicted octanol–water partition coefficient (Wildman–Crippen LogP) is -0.153. The Kier molecular flexibility index (Phi) is 2.55. The van der Waals surface area contributed by atoms with Gasteiger partial charge in [-0.2, -0.15) is 0 Å². The highest BCUT2D eigenvalue weighted by Gasteiger charge is 2.17. The van der Waals surface area contributed by atoms with Gasteiger partial charge >= 0.3 is 11.1 Å². The smallest absolute Gasteiger partial charge is 0.315 e. The Bertz CT molecular complexity index is 821. The number of aromatic amines is 2. The molecule has 0 aliphatic heterocycles. The molecule has 0 radical (unpaired) electrons.